The van der Waals surface area contributed by atoms with Crippen molar-refractivity contribution in [3.05, 3.63) is 28.2 Å². The van der Waals surface area contributed by atoms with Crippen LogP contribution in [0.1, 0.15) is 32.3 Å². The number of aromatic nitrogens is 1. The second-order valence-electron chi connectivity index (χ2n) is 7.49. The van der Waals surface area contributed by atoms with E-state index in [1.165, 1.54) is 15.5 Å². The average molecular weight is 316 g/mol. The molecule has 0 spiro atoms. The number of hydrogen-bond acceptors (Lipinski definition) is 4. The van der Waals surface area contributed by atoms with Crippen molar-refractivity contribution < 1.29 is 14.3 Å². The van der Waals surface area contributed by atoms with Crippen LogP contribution >= 0.6 is 0 Å². The highest BCUT2D eigenvalue weighted by Crippen LogP contribution is 2.60. The van der Waals surface area contributed by atoms with Crippen LogP contribution in [0.15, 0.2) is 17.1 Å². The predicted octanol–water partition coefficient (Wildman–Crippen LogP) is 1.14. The van der Waals surface area contributed by atoms with Crippen molar-refractivity contribution in [3.63, 3.8) is 0 Å². The summed E-state index contributed by atoms with van der Waals surface area (Å²) in [6.07, 6.45) is 3.16. The summed E-state index contributed by atoms with van der Waals surface area (Å²) < 4.78 is 7.48. The lowest BCUT2D eigenvalue weighted by Gasteiger charge is -2.27. The molecule has 2 bridgehead atoms. The Morgan fingerprint density at radius 1 is 1.09 bits per heavy atom. The molecule has 0 radical (unpaired) electrons. The molecule has 0 aromatic carbocycles. The van der Waals surface area contributed by atoms with Gasteiger partial charge in [-0.3, -0.25) is 14.4 Å². The van der Waals surface area contributed by atoms with Gasteiger partial charge in [0.1, 0.15) is 0 Å². The first-order chi connectivity index (χ1) is 10.7. The van der Waals surface area contributed by atoms with Gasteiger partial charge in [-0.2, -0.15) is 0 Å². The smallest absolute Gasteiger partial charge is 0.250 e. The van der Waals surface area contributed by atoms with Crippen LogP contribution in [-0.2, 0) is 21.4 Å². The van der Waals surface area contributed by atoms with Gasteiger partial charge in [0.2, 0.25) is 11.8 Å². The molecule has 2 amide bonds. The standard InChI is InChI=1S/C17H20N2O4/c1-9-7-11(20)18(4)8-10(9)19-14(21)12-13(15(19)22)17(3)6-5-16(12,2)23-17/h7-8,12-13H,5-6H2,1-4H3/t12-,13+,16-,17+. The molecule has 4 heterocycles. The van der Waals surface area contributed by atoms with Crippen LogP contribution in [0.2, 0.25) is 0 Å². The Morgan fingerprint density at radius 3 is 2.13 bits per heavy atom. The zero-order valence-electron chi connectivity index (χ0n) is 13.8. The molecule has 3 saturated heterocycles. The first kappa shape index (κ1) is 14.6. The van der Waals surface area contributed by atoms with Crippen LogP contribution < -0.4 is 10.5 Å². The van der Waals surface area contributed by atoms with Gasteiger partial charge in [0.25, 0.3) is 5.56 Å². The normalized spacial score (nSPS) is 38.5. The summed E-state index contributed by atoms with van der Waals surface area (Å²) in [5.74, 6) is -1.25. The number of amides is 2. The number of rotatable bonds is 1. The van der Waals surface area contributed by atoms with Crippen molar-refractivity contribution in [2.75, 3.05) is 4.90 Å². The van der Waals surface area contributed by atoms with Crippen molar-refractivity contribution in [1.29, 1.82) is 0 Å². The van der Waals surface area contributed by atoms with Crippen molar-refractivity contribution in [1.82, 2.24) is 4.57 Å². The number of anilines is 1. The van der Waals surface area contributed by atoms with Gasteiger partial charge in [0.15, 0.2) is 0 Å². The van der Waals surface area contributed by atoms with E-state index >= 15 is 0 Å². The molecule has 6 heteroatoms. The number of carbonyl (C=O) groups excluding carboxylic acids is 2. The second kappa shape index (κ2) is 4.12. The first-order valence-electron chi connectivity index (χ1n) is 7.93. The lowest BCUT2D eigenvalue weighted by atomic mass is 9.69. The topological polar surface area (TPSA) is 68.6 Å². The molecular weight excluding hydrogens is 296 g/mol. The predicted molar refractivity (Wildman–Crippen MR) is 83.0 cm³/mol. The van der Waals surface area contributed by atoms with Gasteiger partial charge in [-0.05, 0) is 39.2 Å². The van der Waals surface area contributed by atoms with Crippen LogP contribution in [0.3, 0.4) is 0 Å². The van der Waals surface area contributed by atoms with Crippen LogP contribution in [0.5, 0.6) is 0 Å². The van der Waals surface area contributed by atoms with Gasteiger partial charge in [0, 0.05) is 19.3 Å². The number of carbonyl (C=O) groups is 2. The number of hydrogen-bond donors (Lipinski definition) is 0. The zero-order valence-corrected chi connectivity index (χ0v) is 13.8. The molecule has 23 heavy (non-hydrogen) atoms. The first-order valence-corrected chi connectivity index (χ1v) is 7.93. The van der Waals surface area contributed by atoms with Gasteiger partial charge < -0.3 is 9.30 Å². The Labute approximate surface area is 134 Å². The van der Waals surface area contributed by atoms with E-state index < -0.39 is 23.0 Å². The summed E-state index contributed by atoms with van der Waals surface area (Å²) in [7, 11) is 1.62. The van der Waals surface area contributed by atoms with Crippen LogP contribution in [-0.4, -0.2) is 27.6 Å². The summed E-state index contributed by atoms with van der Waals surface area (Å²) in [5.41, 5.74) is -0.139. The molecule has 0 aliphatic carbocycles. The highest BCUT2D eigenvalue weighted by molar-refractivity contribution is 6.23. The Balaban J connectivity index is 1.85. The maximum atomic E-state index is 13.0. The van der Waals surface area contributed by atoms with E-state index in [0.29, 0.717) is 11.3 Å². The van der Waals surface area contributed by atoms with E-state index in [4.69, 9.17) is 4.74 Å². The Kier molecular flexibility index (Phi) is 2.62. The quantitative estimate of drug-likeness (QED) is 0.729. The van der Waals surface area contributed by atoms with Gasteiger partial charge in [0.05, 0.1) is 28.7 Å². The molecule has 0 saturated carbocycles. The summed E-state index contributed by atoms with van der Waals surface area (Å²) >= 11 is 0. The van der Waals surface area contributed by atoms with E-state index in [9.17, 15) is 14.4 Å². The number of nitrogens with zero attached hydrogens (tertiary/aromatic N) is 2. The Bertz CT molecular complexity index is 779. The number of aryl methyl sites for hydroxylation is 2. The number of pyridine rings is 1. The molecular formula is C17H20N2O4. The minimum absolute atomic E-state index is 0.159. The Morgan fingerprint density at radius 2 is 1.61 bits per heavy atom. The fraction of sp³-hybridized carbons (Fsp3) is 0.588. The number of imide groups is 1. The maximum Gasteiger partial charge on any atom is 0.250 e. The van der Waals surface area contributed by atoms with Crippen LogP contribution in [0, 0.1) is 18.8 Å². The number of ether oxygens (including phenoxy) is 1. The molecule has 3 aliphatic heterocycles. The largest absolute Gasteiger partial charge is 0.367 e. The summed E-state index contributed by atoms with van der Waals surface area (Å²) in [6.45, 7) is 5.62. The lowest BCUT2D eigenvalue weighted by Crippen LogP contribution is -2.40. The SMILES string of the molecule is Cc1cc(=O)n(C)cc1N1C(=O)[C@@H]2[C@H](C1=O)[C@@]1(C)CC[C@]2(C)O1. The fourth-order valence-corrected chi connectivity index (χ4v) is 4.65. The third kappa shape index (κ3) is 1.64. The fourth-order valence-electron chi connectivity index (χ4n) is 4.65. The van der Waals surface area contributed by atoms with E-state index in [-0.39, 0.29) is 17.4 Å². The van der Waals surface area contributed by atoms with E-state index in [0.717, 1.165) is 12.8 Å². The molecule has 3 aliphatic rings. The van der Waals surface area contributed by atoms with Gasteiger partial charge >= 0.3 is 0 Å². The minimum atomic E-state index is -0.560. The maximum absolute atomic E-state index is 13.0. The molecule has 4 atom stereocenters. The second-order valence-corrected chi connectivity index (χ2v) is 7.49. The summed E-state index contributed by atoms with van der Waals surface area (Å²) in [6, 6.07) is 1.46. The van der Waals surface area contributed by atoms with E-state index in [1.54, 1.807) is 20.2 Å². The van der Waals surface area contributed by atoms with Crippen molar-refractivity contribution in [2.45, 2.75) is 44.8 Å². The average Bonchev–Trinajstić information content (AvgIpc) is 3.00. The van der Waals surface area contributed by atoms with Crippen molar-refractivity contribution in [3.8, 4) is 0 Å². The minimum Gasteiger partial charge on any atom is -0.367 e. The zero-order chi connectivity index (χ0) is 16.7. The van der Waals surface area contributed by atoms with Gasteiger partial charge in [-0.15, -0.1) is 0 Å². The van der Waals surface area contributed by atoms with Gasteiger partial charge in [-0.25, -0.2) is 4.90 Å². The van der Waals surface area contributed by atoms with Crippen LogP contribution in [0.4, 0.5) is 5.69 Å². The highest BCUT2D eigenvalue weighted by atomic mass is 16.5. The molecule has 0 unspecified atom stereocenters. The third-order valence-corrected chi connectivity index (χ3v) is 5.85. The Hall–Kier alpha value is -1.95. The highest BCUT2D eigenvalue weighted by Gasteiger charge is 2.72. The monoisotopic (exact) mass is 316 g/mol. The summed E-state index contributed by atoms with van der Waals surface area (Å²) in [5, 5.41) is 0. The molecule has 3 fully saturated rings. The van der Waals surface area contributed by atoms with Gasteiger partial charge in [-0.1, -0.05) is 0 Å². The van der Waals surface area contributed by atoms with Crippen LogP contribution in [0.25, 0.3) is 0 Å². The molecule has 1 aromatic rings. The molecule has 1 aromatic heterocycles. The number of fused-ring (bicyclic) bond motifs is 5. The van der Waals surface area contributed by atoms with E-state index in [1.807, 2.05) is 13.8 Å². The molecule has 6 nitrogen and oxygen atoms in total. The molecule has 0 N–H and O–H groups in total. The summed E-state index contributed by atoms with van der Waals surface area (Å²) in [4.78, 5) is 39.1. The molecule has 122 valence electrons. The van der Waals surface area contributed by atoms with Crippen molar-refractivity contribution in [2.24, 2.45) is 18.9 Å². The third-order valence-electron chi connectivity index (χ3n) is 5.85. The van der Waals surface area contributed by atoms with E-state index in [2.05, 4.69) is 0 Å². The van der Waals surface area contributed by atoms with Crippen molar-refractivity contribution >= 4 is 17.5 Å². The lowest BCUT2D eigenvalue weighted by molar-refractivity contribution is -0.129. The molecule has 4 rings (SSSR count).